The van der Waals surface area contributed by atoms with E-state index in [9.17, 15) is 13.2 Å². The molecule has 0 aromatic heterocycles. The second-order valence-corrected chi connectivity index (χ2v) is 0.460. The molecule has 42 valence electrons. The molecule has 0 unspecified atom stereocenters. The summed E-state index contributed by atoms with van der Waals surface area (Å²) in [7, 11) is 0. The molecular weight excluding hydrogens is 182 g/mol. The van der Waals surface area contributed by atoms with Gasteiger partial charge in [0.25, 0.3) is 0 Å². The molecule has 0 heterocycles. The summed E-state index contributed by atoms with van der Waals surface area (Å²) in [6.45, 7) is -0.667. The maximum absolute atomic E-state index is 10.3. The average Bonchev–Trinajstić information content (AvgIpc) is 1.38. The molecule has 0 bridgehead atoms. The molecule has 0 aliphatic carbocycles. The molecule has 0 atom stereocenters. The Hall–Kier alpha value is 0.703. The predicted octanol–water partition coefficient (Wildman–Crippen LogP) is 1.80. The van der Waals surface area contributed by atoms with Crippen LogP contribution in [0, 0.1) is 6.67 Å². The van der Waals surface area contributed by atoms with Crippen molar-refractivity contribution in [3.63, 3.8) is 0 Å². The van der Waals surface area contributed by atoms with Crippen LogP contribution in [0.4, 0.5) is 13.2 Å². The van der Waals surface area contributed by atoms with Gasteiger partial charge in [0.15, 0.2) is 0 Å². The minimum absolute atomic E-state index is 0. The number of alkyl halides is 2. The van der Waals surface area contributed by atoms with Crippen molar-refractivity contribution in [1.29, 1.82) is 0 Å². The maximum atomic E-state index is 10.3. The molecule has 0 N–H and O–H groups in total. The minimum Gasteiger partial charge on any atom is -0.454 e. The summed E-state index contributed by atoms with van der Waals surface area (Å²) in [6, 6.07) is 0. The molecule has 0 radical (unpaired) electrons. The number of hydrogen-bond donors (Lipinski definition) is 0. The molecule has 0 amide bonds. The maximum Gasteiger partial charge on any atom is 0.148 e. The van der Waals surface area contributed by atoms with Crippen LogP contribution in [0.2, 0.25) is 0 Å². The van der Waals surface area contributed by atoms with Crippen LogP contribution in [0.25, 0.3) is 0 Å². The molecule has 0 rings (SSSR count). The molecule has 0 spiro atoms. The smallest absolute Gasteiger partial charge is 0.148 e. The van der Waals surface area contributed by atoms with Crippen LogP contribution < -0.4 is 0 Å². The summed E-state index contributed by atoms with van der Waals surface area (Å²) < 4.78 is 30.9. The third kappa shape index (κ3) is 20.3. The van der Waals surface area contributed by atoms with E-state index in [0.717, 1.165) is 0 Å². The second kappa shape index (κ2) is 9.86. The Morgan fingerprint density at radius 1 is 1.29 bits per heavy atom. The van der Waals surface area contributed by atoms with Crippen LogP contribution in [0.15, 0.2) is 0 Å². The fraction of sp³-hybridized carbons (Fsp3) is 0.500. The van der Waals surface area contributed by atoms with Gasteiger partial charge in [0.2, 0.25) is 0 Å². The van der Waals surface area contributed by atoms with Gasteiger partial charge in [-0.05, 0) is 0 Å². The van der Waals surface area contributed by atoms with Crippen molar-refractivity contribution in [1.82, 2.24) is 0 Å². The zero-order valence-electron chi connectivity index (χ0n) is 3.40. The molecule has 0 nitrogen and oxygen atoms in total. The van der Waals surface area contributed by atoms with E-state index in [1.54, 1.807) is 0 Å². The van der Waals surface area contributed by atoms with Crippen molar-refractivity contribution in [2.75, 3.05) is 0 Å². The summed E-state index contributed by atoms with van der Waals surface area (Å²) >= 11 is 0. The number of rotatable bonds is 1. The topological polar surface area (TPSA) is 0 Å². The molecule has 0 aromatic rings. The third-order valence-corrected chi connectivity index (χ3v) is 0.0952. The van der Waals surface area contributed by atoms with Crippen molar-refractivity contribution in [3.8, 4) is 0 Å². The van der Waals surface area contributed by atoms with E-state index < -0.39 is 13.1 Å². The van der Waals surface area contributed by atoms with E-state index in [4.69, 9.17) is 0 Å². The Kier molecular flexibility index (Phi) is 22.0. The first-order chi connectivity index (χ1) is 2.27. The van der Waals surface area contributed by atoms with E-state index in [1.807, 2.05) is 0 Å². The summed E-state index contributed by atoms with van der Waals surface area (Å²) in [6.07, 6.45) is -2.91. The van der Waals surface area contributed by atoms with Gasteiger partial charge >= 0.3 is 0 Å². The van der Waals surface area contributed by atoms with Crippen LogP contribution in [0.1, 0.15) is 0 Å². The largest absolute Gasteiger partial charge is 0.454 e. The van der Waals surface area contributed by atoms with Gasteiger partial charge in [-0.15, -0.1) is 19.1 Å². The van der Waals surface area contributed by atoms with Gasteiger partial charge in [-0.3, -0.25) is 0 Å². The summed E-state index contributed by atoms with van der Waals surface area (Å²) in [5.41, 5.74) is 0. The van der Waals surface area contributed by atoms with Crippen LogP contribution in [-0.4, -0.2) is 6.43 Å². The molecule has 0 saturated heterocycles. The van der Waals surface area contributed by atoms with Crippen LogP contribution in [0.3, 0.4) is 0 Å². The number of halogens is 4. The Morgan fingerprint density at radius 2 is 1.43 bits per heavy atom. The molecule has 0 aromatic carbocycles. The molecule has 0 aliphatic rings. The fourth-order valence-electron chi connectivity index (χ4n) is 0. The summed E-state index contributed by atoms with van der Waals surface area (Å²) in [5.74, 6) is 0. The van der Waals surface area contributed by atoms with Crippen LogP contribution in [-0.2, 0) is 19.5 Å². The van der Waals surface area contributed by atoms with Gasteiger partial charge in [-0.25, -0.2) is 8.78 Å². The Morgan fingerprint density at radius 3 is 1.43 bits per heavy atom. The molecule has 7 heavy (non-hydrogen) atoms. The van der Waals surface area contributed by atoms with Gasteiger partial charge in [-0.2, -0.15) is 0 Å². The van der Waals surface area contributed by atoms with Gasteiger partial charge in [0.1, 0.15) is 6.43 Å². The SMILES string of the molecule is Cl.F[CH-]C(F)F.[Zn]. The Balaban J connectivity index is -0.0000000800. The Bertz CT molecular complexity index is 26.9. The predicted molar refractivity (Wildman–Crippen MR) is 18.7 cm³/mol. The molecule has 0 aliphatic heterocycles. The van der Waals surface area contributed by atoms with E-state index in [2.05, 4.69) is 0 Å². The van der Waals surface area contributed by atoms with E-state index in [0.29, 0.717) is 0 Å². The molecule has 0 saturated carbocycles. The Labute approximate surface area is 58.6 Å². The quantitative estimate of drug-likeness (QED) is 0.431. The van der Waals surface area contributed by atoms with Crippen LogP contribution >= 0.6 is 12.4 Å². The van der Waals surface area contributed by atoms with E-state index in [1.165, 1.54) is 0 Å². The molecular formula is C2H3ClF3Zn-. The summed E-state index contributed by atoms with van der Waals surface area (Å²) in [4.78, 5) is 0. The standard InChI is InChI=1S/C2H2F3.ClH.Zn/c3-1-2(4)5;;/h1-2H;1H;/q-1;;. The first kappa shape index (κ1) is 15.6. The molecule has 5 heteroatoms. The summed E-state index contributed by atoms with van der Waals surface area (Å²) in [5, 5.41) is 0. The first-order valence-corrected chi connectivity index (χ1v) is 0.988. The third-order valence-electron chi connectivity index (χ3n) is 0.0952. The minimum atomic E-state index is -2.91. The fourth-order valence-corrected chi connectivity index (χ4v) is 0. The monoisotopic (exact) mass is 183 g/mol. The second-order valence-electron chi connectivity index (χ2n) is 0.460. The average molecular weight is 185 g/mol. The van der Waals surface area contributed by atoms with Gasteiger partial charge < -0.3 is 4.39 Å². The zero-order chi connectivity index (χ0) is 4.28. The zero-order valence-corrected chi connectivity index (χ0v) is 7.19. The van der Waals surface area contributed by atoms with E-state index >= 15 is 0 Å². The molecule has 0 fully saturated rings. The van der Waals surface area contributed by atoms with Gasteiger partial charge in [0.05, 0.1) is 0 Å². The first-order valence-electron chi connectivity index (χ1n) is 0.988. The van der Waals surface area contributed by atoms with Crippen LogP contribution in [0.5, 0.6) is 0 Å². The van der Waals surface area contributed by atoms with E-state index in [-0.39, 0.29) is 31.9 Å². The van der Waals surface area contributed by atoms with Crippen molar-refractivity contribution in [2.45, 2.75) is 6.43 Å². The number of hydrogen-bond acceptors (Lipinski definition) is 0. The normalized spacial score (nSPS) is 6.86. The van der Waals surface area contributed by atoms with Gasteiger partial charge in [-0.1, -0.05) is 0 Å². The van der Waals surface area contributed by atoms with Crippen molar-refractivity contribution in [3.05, 3.63) is 6.67 Å². The van der Waals surface area contributed by atoms with Crippen molar-refractivity contribution < 1.29 is 32.6 Å². The van der Waals surface area contributed by atoms with Crippen molar-refractivity contribution in [2.24, 2.45) is 0 Å². The van der Waals surface area contributed by atoms with Crippen molar-refractivity contribution >= 4 is 12.4 Å². The van der Waals surface area contributed by atoms with Gasteiger partial charge in [0, 0.05) is 19.5 Å².